The minimum Gasteiger partial charge on any atom is -0.458 e. The summed E-state index contributed by atoms with van der Waals surface area (Å²) in [7, 11) is 0. The van der Waals surface area contributed by atoms with Gasteiger partial charge in [0, 0.05) is 11.2 Å². The van der Waals surface area contributed by atoms with E-state index in [1.807, 2.05) is 72.8 Å². The predicted octanol–water partition coefficient (Wildman–Crippen LogP) is 5.32. The van der Waals surface area contributed by atoms with Crippen molar-refractivity contribution in [3.63, 3.8) is 0 Å². The number of para-hydroxylation sites is 2. The van der Waals surface area contributed by atoms with Crippen LogP contribution in [0.1, 0.15) is 41.5 Å². The van der Waals surface area contributed by atoms with Crippen molar-refractivity contribution in [3.05, 3.63) is 109 Å². The molecule has 0 atom stereocenters. The molecule has 0 radical (unpaired) electrons. The smallest absolute Gasteiger partial charge is 0.365 e. The minimum absolute atomic E-state index is 0.277. The van der Waals surface area contributed by atoms with Gasteiger partial charge in [0.1, 0.15) is 11.5 Å². The summed E-state index contributed by atoms with van der Waals surface area (Å²) in [5, 5.41) is 0. The SMILES string of the molecule is CC(C)(C)OB(c1ccccc1)c1ccccc1Oc1ccccc1B(OC(C)(C)C)c1ccccc1. The van der Waals surface area contributed by atoms with E-state index in [1.54, 1.807) is 0 Å². The Morgan fingerprint density at radius 1 is 0.432 bits per heavy atom. The number of hydrogen-bond acceptors (Lipinski definition) is 3. The van der Waals surface area contributed by atoms with Gasteiger partial charge in [-0.3, -0.25) is 0 Å². The fraction of sp³-hybridized carbons (Fsp3) is 0.250. The second-order valence-electron chi connectivity index (χ2n) is 11.2. The van der Waals surface area contributed by atoms with Crippen molar-refractivity contribution in [2.24, 2.45) is 0 Å². The Morgan fingerprint density at radius 2 is 0.757 bits per heavy atom. The van der Waals surface area contributed by atoms with Crippen LogP contribution in [-0.4, -0.2) is 25.0 Å². The van der Waals surface area contributed by atoms with E-state index in [0.29, 0.717) is 0 Å². The number of ether oxygens (including phenoxy) is 1. The van der Waals surface area contributed by atoms with Gasteiger partial charge in [-0.05, 0) is 75.5 Å². The summed E-state index contributed by atoms with van der Waals surface area (Å²) in [5.41, 5.74) is 3.44. The number of hydrogen-bond donors (Lipinski definition) is 0. The average Bonchev–Trinajstić information content (AvgIpc) is 2.87. The van der Waals surface area contributed by atoms with E-state index in [2.05, 4.69) is 77.9 Å². The normalized spacial score (nSPS) is 11.7. The fourth-order valence-electron chi connectivity index (χ4n) is 4.28. The molecule has 0 saturated carbocycles. The lowest BCUT2D eigenvalue weighted by atomic mass is 9.54. The van der Waals surface area contributed by atoms with Gasteiger partial charge in [0.05, 0.1) is 0 Å². The van der Waals surface area contributed by atoms with Crippen LogP contribution in [0.25, 0.3) is 0 Å². The van der Waals surface area contributed by atoms with E-state index in [0.717, 1.165) is 33.4 Å². The molecule has 188 valence electrons. The largest absolute Gasteiger partial charge is 0.458 e. The van der Waals surface area contributed by atoms with Gasteiger partial charge in [0.15, 0.2) is 0 Å². The zero-order valence-electron chi connectivity index (χ0n) is 22.8. The Labute approximate surface area is 223 Å². The van der Waals surface area contributed by atoms with Gasteiger partial charge in [0.2, 0.25) is 0 Å². The molecule has 0 aromatic heterocycles. The molecular weight excluding hydrogens is 454 g/mol. The van der Waals surface area contributed by atoms with Crippen LogP contribution in [-0.2, 0) is 9.31 Å². The summed E-state index contributed by atoms with van der Waals surface area (Å²) in [6, 6.07) is 36.9. The van der Waals surface area contributed by atoms with E-state index >= 15 is 0 Å². The molecule has 4 rings (SSSR count). The molecule has 0 amide bonds. The van der Waals surface area contributed by atoms with Crippen LogP contribution in [0, 0.1) is 0 Å². The Morgan fingerprint density at radius 3 is 1.11 bits per heavy atom. The lowest BCUT2D eigenvalue weighted by molar-refractivity contribution is 0.135. The van der Waals surface area contributed by atoms with Crippen LogP contribution in [0.3, 0.4) is 0 Å². The van der Waals surface area contributed by atoms with Crippen LogP contribution in [0.4, 0.5) is 0 Å². The second-order valence-corrected chi connectivity index (χ2v) is 11.2. The van der Waals surface area contributed by atoms with E-state index in [1.165, 1.54) is 0 Å². The quantitative estimate of drug-likeness (QED) is 0.313. The fourth-order valence-corrected chi connectivity index (χ4v) is 4.28. The molecule has 5 heteroatoms. The molecular formula is C32H36B2O3. The molecule has 0 unspecified atom stereocenters. The minimum atomic E-state index is -0.343. The van der Waals surface area contributed by atoms with E-state index < -0.39 is 0 Å². The van der Waals surface area contributed by atoms with Crippen LogP contribution in [0.2, 0.25) is 0 Å². The second kappa shape index (κ2) is 11.4. The van der Waals surface area contributed by atoms with Gasteiger partial charge in [0.25, 0.3) is 0 Å². The van der Waals surface area contributed by atoms with Gasteiger partial charge in [-0.2, -0.15) is 0 Å². The van der Waals surface area contributed by atoms with E-state index in [4.69, 9.17) is 14.0 Å². The monoisotopic (exact) mass is 490 g/mol. The van der Waals surface area contributed by atoms with Crippen molar-refractivity contribution in [1.82, 2.24) is 0 Å². The van der Waals surface area contributed by atoms with Gasteiger partial charge < -0.3 is 14.0 Å². The standard InChI is InChI=1S/C32H36B2O3/c1-31(2,3)36-33(25-17-9-7-10-18-25)27-21-13-15-23-29(27)35-30-24-16-14-22-28(30)34(37-32(4,5)6)26-19-11-8-12-20-26/h7-24H,1-6H3. The Balaban J connectivity index is 1.77. The first-order chi connectivity index (χ1) is 17.6. The van der Waals surface area contributed by atoms with Crippen molar-refractivity contribution in [1.29, 1.82) is 0 Å². The Bertz CT molecular complexity index is 1180. The third kappa shape index (κ3) is 7.38. The summed E-state index contributed by atoms with van der Waals surface area (Å²) in [6.45, 7) is 11.9. The predicted molar refractivity (Wildman–Crippen MR) is 158 cm³/mol. The lowest BCUT2D eigenvalue weighted by Gasteiger charge is -2.29. The first-order valence-corrected chi connectivity index (χ1v) is 12.9. The maximum atomic E-state index is 6.71. The summed E-state index contributed by atoms with van der Waals surface area (Å²) in [6.07, 6.45) is 0. The highest BCUT2D eigenvalue weighted by Gasteiger charge is 2.32. The molecule has 0 saturated heterocycles. The highest BCUT2D eigenvalue weighted by Crippen LogP contribution is 2.22. The molecule has 0 aliphatic heterocycles. The molecule has 0 aliphatic carbocycles. The third-order valence-electron chi connectivity index (χ3n) is 5.77. The van der Waals surface area contributed by atoms with Crippen molar-refractivity contribution in [2.45, 2.75) is 52.7 Å². The first-order valence-electron chi connectivity index (χ1n) is 12.9. The molecule has 0 heterocycles. The zero-order valence-corrected chi connectivity index (χ0v) is 22.8. The number of benzene rings is 4. The Kier molecular flexibility index (Phi) is 8.26. The van der Waals surface area contributed by atoms with Crippen molar-refractivity contribution in [3.8, 4) is 11.5 Å². The maximum absolute atomic E-state index is 6.71. The van der Waals surface area contributed by atoms with Crippen LogP contribution in [0.15, 0.2) is 109 Å². The van der Waals surface area contributed by atoms with Crippen LogP contribution < -0.4 is 26.6 Å². The summed E-state index contributed by atoms with van der Waals surface area (Å²) in [4.78, 5) is 0. The van der Waals surface area contributed by atoms with Gasteiger partial charge >= 0.3 is 13.8 Å². The molecule has 0 aliphatic rings. The molecule has 37 heavy (non-hydrogen) atoms. The van der Waals surface area contributed by atoms with Crippen molar-refractivity contribution >= 4 is 35.7 Å². The van der Waals surface area contributed by atoms with E-state index in [9.17, 15) is 0 Å². The summed E-state index contributed by atoms with van der Waals surface area (Å²) >= 11 is 0. The molecule has 4 aromatic rings. The van der Waals surface area contributed by atoms with Crippen molar-refractivity contribution in [2.75, 3.05) is 0 Å². The first kappa shape index (κ1) is 26.8. The molecule has 0 N–H and O–H groups in total. The molecule has 3 nitrogen and oxygen atoms in total. The maximum Gasteiger partial charge on any atom is 0.365 e. The zero-order chi connectivity index (χ0) is 26.5. The van der Waals surface area contributed by atoms with Crippen molar-refractivity contribution < 1.29 is 14.0 Å². The molecule has 4 aromatic carbocycles. The summed E-state index contributed by atoms with van der Waals surface area (Å²) in [5.74, 6) is 1.52. The number of rotatable bonds is 8. The molecule has 0 fully saturated rings. The van der Waals surface area contributed by atoms with E-state index in [-0.39, 0.29) is 25.0 Å². The average molecular weight is 490 g/mol. The van der Waals surface area contributed by atoms with Gasteiger partial charge in [-0.1, -0.05) is 97.1 Å². The lowest BCUT2D eigenvalue weighted by Crippen LogP contribution is -2.50. The van der Waals surface area contributed by atoms with Crippen LogP contribution >= 0.6 is 0 Å². The highest BCUT2D eigenvalue weighted by atomic mass is 16.5. The summed E-state index contributed by atoms with van der Waals surface area (Å²) < 4.78 is 19.9. The third-order valence-corrected chi connectivity index (χ3v) is 5.77. The Hall–Kier alpha value is -3.27. The highest BCUT2D eigenvalue weighted by molar-refractivity contribution is 6.81. The van der Waals surface area contributed by atoms with Gasteiger partial charge in [-0.15, -0.1) is 0 Å². The van der Waals surface area contributed by atoms with Gasteiger partial charge in [-0.25, -0.2) is 0 Å². The molecule has 0 spiro atoms. The molecule has 0 bridgehead atoms. The van der Waals surface area contributed by atoms with Crippen LogP contribution in [0.5, 0.6) is 11.5 Å². The topological polar surface area (TPSA) is 27.7 Å².